The maximum atomic E-state index is 12.3. The van der Waals surface area contributed by atoms with Crippen molar-refractivity contribution in [3.8, 4) is 0 Å². The molecule has 1 fully saturated rings. The molecule has 0 aromatic heterocycles. The number of carboxylic acid groups (broad SMARTS) is 1. The first-order chi connectivity index (χ1) is 11.6. The van der Waals surface area contributed by atoms with Crippen LogP contribution in [-0.2, 0) is 14.3 Å². The minimum Gasteiger partial charge on any atom is -0.481 e. The summed E-state index contributed by atoms with van der Waals surface area (Å²) >= 11 is 0. The van der Waals surface area contributed by atoms with Crippen molar-refractivity contribution in [1.82, 2.24) is 0 Å². The molecular weight excluding hydrogens is 316 g/mol. The first-order valence-electron chi connectivity index (χ1n) is 10.1. The molecule has 1 rings (SSSR count). The molecule has 4 nitrogen and oxygen atoms in total. The lowest BCUT2D eigenvalue weighted by molar-refractivity contribution is -0.168. The summed E-state index contributed by atoms with van der Waals surface area (Å²) in [7, 11) is 0. The van der Waals surface area contributed by atoms with Crippen LogP contribution in [0.1, 0.15) is 92.4 Å². The Morgan fingerprint density at radius 1 is 1.04 bits per heavy atom. The van der Waals surface area contributed by atoms with Crippen LogP contribution in [0.25, 0.3) is 0 Å². The zero-order valence-corrected chi connectivity index (χ0v) is 16.8. The van der Waals surface area contributed by atoms with Crippen LogP contribution in [0.3, 0.4) is 0 Å². The number of hydrogen-bond acceptors (Lipinski definition) is 3. The van der Waals surface area contributed by atoms with Gasteiger partial charge in [0.1, 0.15) is 5.60 Å². The second-order valence-electron chi connectivity index (χ2n) is 8.99. The molecule has 4 heteroatoms. The third-order valence-electron chi connectivity index (χ3n) is 5.41. The van der Waals surface area contributed by atoms with Crippen molar-refractivity contribution in [2.45, 2.75) is 98.0 Å². The zero-order chi connectivity index (χ0) is 19.0. The van der Waals surface area contributed by atoms with E-state index in [0.29, 0.717) is 23.7 Å². The average molecular weight is 355 g/mol. The molecule has 1 unspecified atom stereocenters. The number of carbonyl (C=O) groups excluding carboxylic acids is 1. The van der Waals surface area contributed by atoms with Gasteiger partial charge in [-0.25, -0.2) is 0 Å². The molecule has 0 aliphatic heterocycles. The molecule has 25 heavy (non-hydrogen) atoms. The van der Waals surface area contributed by atoms with Crippen molar-refractivity contribution in [1.29, 1.82) is 0 Å². The number of carbonyl (C=O) groups is 2. The lowest BCUT2D eigenvalue weighted by Gasteiger charge is -2.39. The highest BCUT2D eigenvalue weighted by molar-refractivity contribution is 5.76. The predicted molar refractivity (Wildman–Crippen MR) is 100 cm³/mol. The number of aliphatic carboxylic acids is 1. The topological polar surface area (TPSA) is 63.6 Å². The Hall–Kier alpha value is -1.06. The lowest BCUT2D eigenvalue weighted by atomic mass is 9.75. The maximum absolute atomic E-state index is 12.3. The van der Waals surface area contributed by atoms with Gasteiger partial charge in [0.05, 0.1) is 12.8 Å². The van der Waals surface area contributed by atoms with Crippen LogP contribution in [0, 0.1) is 23.7 Å². The van der Waals surface area contributed by atoms with Crippen LogP contribution in [0.2, 0.25) is 0 Å². The standard InChI is InChI=1S/C21H38O4/c1-15(2)12-17(13-16(3)4)14-21(5,18-8-6-7-9-18)25-20(24)11-10-19(22)23/h15-18H,6-14H2,1-5H3,(H,22,23). The van der Waals surface area contributed by atoms with Gasteiger partial charge < -0.3 is 9.84 Å². The van der Waals surface area contributed by atoms with E-state index in [-0.39, 0.29) is 18.8 Å². The summed E-state index contributed by atoms with van der Waals surface area (Å²) in [6, 6.07) is 0. The van der Waals surface area contributed by atoms with Crippen LogP contribution in [-0.4, -0.2) is 22.6 Å². The smallest absolute Gasteiger partial charge is 0.306 e. The van der Waals surface area contributed by atoms with Gasteiger partial charge in [-0.05, 0) is 62.7 Å². The fourth-order valence-corrected chi connectivity index (χ4v) is 4.52. The fourth-order valence-electron chi connectivity index (χ4n) is 4.52. The van der Waals surface area contributed by atoms with E-state index in [1.165, 1.54) is 12.8 Å². The van der Waals surface area contributed by atoms with Crippen molar-refractivity contribution in [3.05, 3.63) is 0 Å². The van der Waals surface area contributed by atoms with E-state index in [0.717, 1.165) is 32.1 Å². The molecular formula is C21H38O4. The molecule has 0 heterocycles. The molecule has 1 aliphatic carbocycles. The van der Waals surface area contributed by atoms with Crippen LogP contribution < -0.4 is 0 Å². The lowest BCUT2D eigenvalue weighted by Crippen LogP contribution is -2.41. The molecule has 0 aromatic carbocycles. The second kappa shape index (κ2) is 10.2. The molecule has 0 radical (unpaired) electrons. The van der Waals surface area contributed by atoms with E-state index >= 15 is 0 Å². The third kappa shape index (κ3) is 8.24. The van der Waals surface area contributed by atoms with Gasteiger partial charge in [0.2, 0.25) is 0 Å². The Balaban J connectivity index is 2.84. The van der Waals surface area contributed by atoms with Crippen LogP contribution >= 0.6 is 0 Å². The molecule has 0 aromatic rings. The van der Waals surface area contributed by atoms with Crippen molar-refractivity contribution in [2.75, 3.05) is 0 Å². The fraction of sp³-hybridized carbons (Fsp3) is 0.905. The van der Waals surface area contributed by atoms with Gasteiger partial charge in [0.25, 0.3) is 0 Å². The minimum absolute atomic E-state index is 0.0311. The summed E-state index contributed by atoms with van der Waals surface area (Å²) in [5, 5.41) is 8.81. The molecule has 1 atom stereocenters. The van der Waals surface area contributed by atoms with Crippen molar-refractivity contribution < 1.29 is 19.4 Å². The SMILES string of the molecule is CC(C)CC(CC(C)C)CC(C)(OC(=O)CCC(=O)O)C1CCCC1. The molecule has 146 valence electrons. The highest BCUT2D eigenvalue weighted by atomic mass is 16.6. The van der Waals surface area contributed by atoms with Crippen molar-refractivity contribution >= 4 is 11.9 Å². The summed E-state index contributed by atoms with van der Waals surface area (Å²) < 4.78 is 5.96. The van der Waals surface area contributed by atoms with Crippen molar-refractivity contribution in [2.24, 2.45) is 23.7 Å². The molecule has 1 aliphatic rings. The van der Waals surface area contributed by atoms with E-state index in [9.17, 15) is 9.59 Å². The molecule has 0 spiro atoms. The molecule has 0 amide bonds. The Morgan fingerprint density at radius 2 is 1.56 bits per heavy atom. The summed E-state index contributed by atoms with van der Waals surface area (Å²) in [5.41, 5.74) is -0.458. The number of carboxylic acids is 1. The van der Waals surface area contributed by atoms with Gasteiger partial charge in [-0.1, -0.05) is 40.5 Å². The maximum Gasteiger partial charge on any atom is 0.306 e. The third-order valence-corrected chi connectivity index (χ3v) is 5.41. The van der Waals surface area contributed by atoms with Crippen LogP contribution in [0.4, 0.5) is 0 Å². The molecule has 0 saturated heterocycles. The molecule has 1 N–H and O–H groups in total. The summed E-state index contributed by atoms with van der Waals surface area (Å²) in [6.45, 7) is 11.1. The van der Waals surface area contributed by atoms with E-state index in [1.807, 2.05) is 0 Å². The average Bonchev–Trinajstić information content (AvgIpc) is 2.98. The predicted octanol–water partition coefficient (Wildman–Crippen LogP) is 5.44. The monoisotopic (exact) mass is 354 g/mol. The number of ether oxygens (including phenoxy) is 1. The van der Waals surface area contributed by atoms with Gasteiger partial charge in [0.15, 0.2) is 0 Å². The highest BCUT2D eigenvalue weighted by Crippen LogP contribution is 2.42. The summed E-state index contributed by atoms with van der Waals surface area (Å²) in [6.07, 6.45) is 7.63. The van der Waals surface area contributed by atoms with Crippen LogP contribution in [0.5, 0.6) is 0 Å². The first kappa shape index (κ1) is 22.0. The van der Waals surface area contributed by atoms with E-state index < -0.39 is 11.6 Å². The number of rotatable bonds is 11. The van der Waals surface area contributed by atoms with Gasteiger partial charge in [-0.15, -0.1) is 0 Å². The van der Waals surface area contributed by atoms with Gasteiger partial charge in [-0.2, -0.15) is 0 Å². The minimum atomic E-state index is -0.947. The number of hydrogen-bond donors (Lipinski definition) is 1. The van der Waals surface area contributed by atoms with Crippen molar-refractivity contribution in [3.63, 3.8) is 0 Å². The highest BCUT2D eigenvalue weighted by Gasteiger charge is 2.41. The van der Waals surface area contributed by atoms with E-state index in [1.54, 1.807) is 0 Å². The number of esters is 1. The normalized spacial score (nSPS) is 18.1. The quantitative estimate of drug-likeness (QED) is 0.502. The summed E-state index contributed by atoms with van der Waals surface area (Å²) in [4.78, 5) is 23.0. The zero-order valence-electron chi connectivity index (χ0n) is 16.8. The van der Waals surface area contributed by atoms with Crippen LogP contribution in [0.15, 0.2) is 0 Å². The Kier molecular flexibility index (Phi) is 8.95. The molecule has 0 bridgehead atoms. The Bertz CT molecular complexity index is 414. The molecule has 1 saturated carbocycles. The largest absolute Gasteiger partial charge is 0.481 e. The first-order valence-corrected chi connectivity index (χ1v) is 10.1. The van der Waals surface area contributed by atoms with Gasteiger partial charge >= 0.3 is 11.9 Å². The van der Waals surface area contributed by atoms with E-state index in [4.69, 9.17) is 9.84 Å². The van der Waals surface area contributed by atoms with Gasteiger partial charge in [0, 0.05) is 0 Å². The Morgan fingerprint density at radius 3 is 2.00 bits per heavy atom. The van der Waals surface area contributed by atoms with E-state index in [2.05, 4.69) is 34.6 Å². The second-order valence-corrected chi connectivity index (χ2v) is 8.99. The Labute approximate surface area is 153 Å². The summed E-state index contributed by atoms with van der Waals surface area (Å²) in [5.74, 6) is 0.890. The van der Waals surface area contributed by atoms with Gasteiger partial charge in [-0.3, -0.25) is 9.59 Å².